The van der Waals surface area contributed by atoms with Crippen molar-refractivity contribution in [2.24, 2.45) is 11.8 Å². The van der Waals surface area contributed by atoms with Gasteiger partial charge < -0.3 is 14.4 Å². The molecule has 1 atom stereocenters. The zero-order valence-corrected chi connectivity index (χ0v) is 19.9. The number of hydrogen-bond donors (Lipinski definition) is 2. The van der Waals surface area contributed by atoms with Crippen molar-refractivity contribution in [3.8, 4) is 17.2 Å². The Morgan fingerprint density at radius 2 is 1.70 bits per heavy atom. The van der Waals surface area contributed by atoms with Crippen LogP contribution in [0.4, 0.5) is 5.82 Å². The molecule has 30 heavy (non-hydrogen) atoms. The minimum Gasteiger partial charge on any atom is -0.504 e. The van der Waals surface area contributed by atoms with E-state index < -0.39 is 7.60 Å². The Morgan fingerprint density at radius 1 is 1.07 bits per heavy atom. The summed E-state index contributed by atoms with van der Waals surface area (Å²) in [6, 6.07) is 5.01. The normalized spacial score (nSPS) is 13.6. The Kier molecular flexibility index (Phi) is 7.78. The average Bonchev–Trinajstić information content (AvgIpc) is 2.65. The van der Waals surface area contributed by atoms with Gasteiger partial charge in [-0.15, -0.1) is 0 Å². The van der Waals surface area contributed by atoms with Crippen LogP contribution in [0.5, 0.6) is 17.2 Å². The molecule has 166 valence electrons. The van der Waals surface area contributed by atoms with Crippen LogP contribution < -0.4 is 14.7 Å². The lowest BCUT2D eigenvalue weighted by Gasteiger charge is -2.32. The van der Waals surface area contributed by atoms with Crippen molar-refractivity contribution in [2.75, 3.05) is 12.6 Å². The van der Waals surface area contributed by atoms with Crippen molar-refractivity contribution in [3.05, 3.63) is 41.1 Å². The number of pyridine rings is 1. The van der Waals surface area contributed by atoms with Crippen molar-refractivity contribution in [1.29, 1.82) is 0 Å². The van der Waals surface area contributed by atoms with E-state index in [1.54, 1.807) is 19.2 Å². The summed E-state index contributed by atoms with van der Waals surface area (Å²) in [6.07, 6.45) is 1.66. The predicted octanol–water partition coefficient (Wildman–Crippen LogP) is 6.02. The van der Waals surface area contributed by atoms with Crippen LogP contribution in [-0.2, 0) is 9.19 Å². The maximum absolute atomic E-state index is 14.1. The van der Waals surface area contributed by atoms with Crippen LogP contribution in [0.25, 0.3) is 0 Å². The van der Waals surface area contributed by atoms with Crippen LogP contribution in [0.2, 0.25) is 0 Å². The lowest BCUT2D eigenvalue weighted by Crippen LogP contribution is -2.27. The van der Waals surface area contributed by atoms with E-state index in [1.807, 2.05) is 47.6 Å². The molecule has 0 radical (unpaired) electrons. The maximum atomic E-state index is 14.1. The molecule has 0 aliphatic heterocycles. The number of nitrogens with one attached hydrogen (secondary N) is 1. The minimum absolute atomic E-state index is 0.0163. The molecule has 0 aliphatic carbocycles. The first-order valence-electron chi connectivity index (χ1n) is 10.0. The summed E-state index contributed by atoms with van der Waals surface area (Å²) in [7, 11) is -2.27. The molecular weight excluding hydrogens is 403 g/mol. The minimum atomic E-state index is -3.72. The van der Waals surface area contributed by atoms with Crippen molar-refractivity contribution in [1.82, 2.24) is 4.98 Å². The third-order valence-corrected chi connectivity index (χ3v) is 7.90. The molecule has 1 unspecified atom stereocenters. The lowest BCUT2D eigenvalue weighted by molar-refractivity contribution is 0.278. The van der Waals surface area contributed by atoms with Gasteiger partial charge in [0.1, 0.15) is 5.75 Å². The van der Waals surface area contributed by atoms with E-state index in [-0.39, 0.29) is 29.0 Å². The highest BCUT2D eigenvalue weighted by molar-refractivity contribution is 7.55. The van der Waals surface area contributed by atoms with Gasteiger partial charge in [-0.1, -0.05) is 27.7 Å². The van der Waals surface area contributed by atoms with Gasteiger partial charge in [0.05, 0.1) is 12.8 Å². The number of aromatic hydroxyl groups is 1. The van der Waals surface area contributed by atoms with Crippen LogP contribution in [0.15, 0.2) is 24.4 Å². The number of phenolic OH excluding ortho intramolecular Hbond substituents is 1. The average molecular weight is 436 g/mol. The fraction of sp³-hybridized carbons (Fsp3) is 0.500. The highest BCUT2D eigenvalue weighted by atomic mass is 31.2. The van der Waals surface area contributed by atoms with E-state index in [2.05, 4.69) is 10.5 Å². The van der Waals surface area contributed by atoms with Gasteiger partial charge in [-0.25, -0.2) is 15.0 Å². The summed E-state index contributed by atoms with van der Waals surface area (Å²) in [5.41, 5.74) is 4.88. The zero-order chi connectivity index (χ0) is 22.6. The first-order chi connectivity index (χ1) is 14.0. The predicted molar refractivity (Wildman–Crippen MR) is 120 cm³/mol. The second-order valence-electron chi connectivity index (χ2n) is 8.20. The number of methoxy groups -OCH3 is 1. The molecule has 0 aliphatic rings. The highest BCUT2D eigenvalue weighted by Crippen LogP contribution is 2.58. The van der Waals surface area contributed by atoms with Gasteiger partial charge in [-0.05, 0) is 61.4 Å². The van der Waals surface area contributed by atoms with Crippen molar-refractivity contribution >= 4 is 13.4 Å². The van der Waals surface area contributed by atoms with E-state index in [1.165, 1.54) is 13.2 Å². The molecule has 2 aromatic rings. The Morgan fingerprint density at radius 3 is 2.27 bits per heavy atom. The quantitative estimate of drug-likeness (QED) is 0.367. The number of aromatic nitrogens is 1. The fourth-order valence-electron chi connectivity index (χ4n) is 3.55. The van der Waals surface area contributed by atoms with Crippen LogP contribution >= 0.6 is 7.60 Å². The third-order valence-electron chi connectivity index (χ3n) is 5.17. The van der Waals surface area contributed by atoms with Crippen LogP contribution in [0.1, 0.15) is 44.4 Å². The molecule has 0 saturated heterocycles. The molecule has 1 aromatic carbocycles. The number of hydrogen-bond acceptors (Lipinski definition) is 7. The van der Waals surface area contributed by atoms with E-state index in [4.69, 9.17) is 13.9 Å². The van der Waals surface area contributed by atoms with E-state index in [9.17, 15) is 9.67 Å². The summed E-state index contributed by atoms with van der Waals surface area (Å²) in [6.45, 7) is 13.6. The van der Waals surface area contributed by atoms with Gasteiger partial charge in [0.2, 0.25) is 0 Å². The monoisotopic (exact) mass is 436 g/mol. The zero-order valence-electron chi connectivity index (χ0n) is 19.0. The number of anilines is 1. The molecule has 2 N–H and O–H groups in total. The van der Waals surface area contributed by atoms with Crippen molar-refractivity contribution in [2.45, 2.75) is 54.1 Å². The first-order valence-corrected chi connectivity index (χ1v) is 11.6. The fourth-order valence-corrected chi connectivity index (χ4v) is 5.91. The number of nitrogens with zero attached hydrogens (tertiary/aromatic N) is 1. The topological polar surface area (TPSA) is 89.9 Å². The summed E-state index contributed by atoms with van der Waals surface area (Å²) in [5.74, 6) is 1.11. The van der Waals surface area contributed by atoms with Gasteiger partial charge in [-0.2, -0.15) is 4.62 Å². The Balaban J connectivity index is 2.45. The molecule has 0 saturated carbocycles. The number of ether oxygens (including phenoxy) is 1. The van der Waals surface area contributed by atoms with E-state index in [0.29, 0.717) is 17.1 Å². The van der Waals surface area contributed by atoms with Crippen molar-refractivity contribution < 1.29 is 23.6 Å². The molecule has 0 spiro atoms. The standard InChI is InChI=1S/C22H33N2O5P/c1-13(2)21(14(3)4)30(26,29-24-22-17(7)15(5)9-10-23-22)28-18-11-16(6)20(25)19(12-18)27-8/h9-14,21,25H,1-8H3,(H,23,24). The molecule has 0 amide bonds. The molecule has 2 rings (SSSR count). The van der Waals surface area contributed by atoms with Crippen LogP contribution in [0.3, 0.4) is 0 Å². The maximum Gasteiger partial charge on any atom is 0.403 e. The second kappa shape index (κ2) is 9.71. The molecule has 0 bridgehead atoms. The van der Waals surface area contributed by atoms with E-state index >= 15 is 0 Å². The first kappa shape index (κ1) is 24.0. The second-order valence-corrected chi connectivity index (χ2v) is 10.2. The number of benzene rings is 1. The van der Waals surface area contributed by atoms with Gasteiger partial charge in [0.25, 0.3) is 0 Å². The molecule has 1 aromatic heterocycles. The highest BCUT2D eigenvalue weighted by Gasteiger charge is 2.43. The molecule has 7 nitrogen and oxygen atoms in total. The molecule has 1 heterocycles. The Labute approximate surface area is 179 Å². The summed E-state index contributed by atoms with van der Waals surface area (Å²) >= 11 is 0. The smallest absolute Gasteiger partial charge is 0.403 e. The number of phenols is 1. The number of rotatable bonds is 9. The van der Waals surface area contributed by atoms with Crippen molar-refractivity contribution in [3.63, 3.8) is 0 Å². The van der Waals surface area contributed by atoms with Crippen LogP contribution in [0, 0.1) is 32.6 Å². The SMILES string of the molecule is COc1cc(OP(=O)(ONc2nccc(C)c2C)C(C(C)C)C(C)C)cc(C)c1O. The van der Waals surface area contributed by atoms with Gasteiger partial charge in [0.15, 0.2) is 17.3 Å². The molecular formula is C22H33N2O5P. The summed E-state index contributed by atoms with van der Waals surface area (Å²) < 4.78 is 31.1. The molecule has 0 fully saturated rings. The van der Waals surface area contributed by atoms with Gasteiger partial charge in [-0.3, -0.25) is 0 Å². The van der Waals surface area contributed by atoms with Gasteiger partial charge >= 0.3 is 7.60 Å². The largest absolute Gasteiger partial charge is 0.504 e. The Bertz CT molecular complexity index is 922. The summed E-state index contributed by atoms with van der Waals surface area (Å²) in [4.78, 5) is 4.29. The lowest BCUT2D eigenvalue weighted by atomic mass is 10.00. The number of aryl methyl sites for hydroxylation is 2. The Hall–Kier alpha value is -2.24. The van der Waals surface area contributed by atoms with Crippen LogP contribution in [-0.4, -0.2) is 22.9 Å². The van der Waals surface area contributed by atoms with E-state index in [0.717, 1.165) is 11.1 Å². The summed E-state index contributed by atoms with van der Waals surface area (Å²) in [5, 5.41) is 10.1. The molecule has 8 heteroatoms. The van der Waals surface area contributed by atoms with Gasteiger partial charge in [0, 0.05) is 12.3 Å². The third kappa shape index (κ3) is 5.27.